The number of hydrogen-bond donors (Lipinski definition) is 2. The van der Waals surface area contributed by atoms with Crippen LogP contribution in [0.5, 0.6) is 0 Å². The van der Waals surface area contributed by atoms with Crippen molar-refractivity contribution in [3.05, 3.63) is 46.0 Å². The van der Waals surface area contributed by atoms with Crippen molar-refractivity contribution in [3.63, 3.8) is 0 Å². The standard InChI is InChI=1S/C14H16N2O4/c17-13(15-10-14(18)7-2-8-14)6-5-11-3-1-4-12(9-11)16(19)20/h1,3-6,9,18H,2,7-8,10H2,(H,15,17)/b6-5+. The molecule has 0 spiro atoms. The molecule has 0 aromatic heterocycles. The number of benzene rings is 1. The van der Waals surface area contributed by atoms with E-state index in [-0.39, 0.29) is 18.1 Å². The molecule has 2 N–H and O–H groups in total. The summed E-state index contributed by atoms with van der Waals surface area (Å²) in [5, 5.41) is 23.1. The van der Waals surface area contributed by atoms with Crippen LogP contribution in [0.4, 0.5) is 5.69 Å². The van der Waals surface area contributed by atoms with E-state index >= 15 is 0 Å². The minimum atomic E-state index is -0.755. The average molecular weight is 276 g/mol. The van der Waals surface area contributed by atoms with Gasteiger partial charge < -0.3 is 10.4 Å². The maximum atomic E-state index is 11.6. The minimum absolute atomic E-state index is 0.0173. The Morgan fingerprint density at radius 2 is 2.25 bits per heavy atom. The number of non-ortho nitro benzene ring substituents is 1. The van der Waals surface area contributed by atoms with Gasteiger partial charge in [0, 0.05) is 24.8 Å². The molecule has 1 aromatic rings. The van der Waals surface area contributed by atoms with Gasteiger partial charge >= 0.3 is 0 Å². The third-order valence-electron chi connectivity index (χ3n) is 3.38. The van der Waals surface area contributed by atoms with Gasteiger partial charge in [0.05, 0.1) is 10.5 Å². The zero-order valence-electron chi connectivity index (χ0n) is 10.9. The van der Waals surface area contributed by atoms with Crippen LogP contribution in [0.25, 0.3) is 6.08 Å². The number of nitro groups is 1. The molecule has 1 aromatic carbocycles. The average Bonchev–Trinajstić information content (AvgIpc) is 2.41. The van der Waals surface area contributed by atoms with Gasteiger partial charge in [0.2, 0.25) is 5.91 Å². The van der Waals surface area contributed by atoms with E-state index in [4.69, 9.17) is 0 Å². The molecule has 106 valence electrons. The topological polar surface area (TPSA) is 92.5 Å². The van der Waals surface area contributed by atoms with Gasteiger partial charge in [-0.1, -0.05) is 12.1 Å². The van der Waals surface area contributed by atoms with Crippen molar-refractivity contribution >= 4 is 17.7 Å². The van der Waals surface area contributed by atoms with E-state index in [1.807, 2.05) is 0 Å². The molecule has 1 saturated carbocycles. The molecule has 2 rings (SSSR count). The molecule has 1 amide bonds. The predicted octanol–water partition coefficient (Wildman–Crippen LogP) is 1.64. The Kier molecular flexibility index (Phi) is 4.14. The third kappa shape index (κ3) is 3.64. The number of nitro benzene ring substituents is 1. The van der Waals surface area contributed by atoms with Crippen LogP contribution in [0.15, 0.2) is 30.3 Å². The lowest BCUT2D eigenvalue weighted by molar-refractivity contribution is -0.384. The molecule has 1 fully saturated rings. The van der Waals surface area contributed by atoms with Crippen molar-refractivity contribution < 1.29 is 14.8 Å². The first-order valence-corrected chi connectivity index (χ1v) is 6.41. The maximum absolute atomic E-state index is 11.6. The fourth-order valence-electron chi connectivity index (χ4n) is 1.99. The van der Waals surface area contributed by atoms with E-state index in [0.29, 0.717) is 18.4 Å². The van der Waals surface area contributed by atoms with E-state index in [1.54, 1.807) is 12.1 Å². The number of carbonyl (C=O) groups excluding carboxylic acids is 1. The van der Waals surface area contributed by atoms with E-state index in [9.17, 15) is 20.0 Å². The molecule has 0 aliphatic heterocycles. The Hall–Kier alpha value is -2.21. The summed E-state index contributed by atoms with van der Waals surface area (Å²) in [7, 11) is 0. The normalized spacial score (nSPS) is 16.6. The van der Waals surface area contributed by atoms with Gasteiger partial charge in [-0.05, 0) is 30.9 Å². The first-order chi connectivity index (χ1) is 9.48. The smallest absolute Gasteiger partial charge is 0.270 e. The van der Waals surface area contributed by atoms with Gasteiger partial charge in [-0.25, -0.2) is 0 Å². The number of carbonyl (C=O) groups is 1. The number of nitrogens with one attached hydrogen (secondary N) is 1. The van der Waals surface area contributed by atoms with Crippen LogP contribution in [0, 0.1) is 10.1 Å². The lowest BCUT2D eigenvalue weighted by atomic mass is 9.80. The second kappa shape index (κ2) is 5.83. The van der Waals surface area contributed by atoms with Crippen molar-refractivity contribution in [1.29, 1.82) is 0 Å². The molecule has 0 unspecified atom stereocenters. The summed E-state index contributed by atoms with van der Waals surface area (Å²) >= 11 is 0. The molecule has 1 aliphatic rings. The number of nitrogens with zero attached hydrogens (tertiary/aromatic N) is 1. The Labute approximate surface area is 116 Å². The summed E-state index contributed by atoms with van der Waals surface area (Å²) in [5.74, 6) is -0.322. The molecule has 0 bridgehead atoms. The number of hydrogen-bond acceptors (Lipinski definition) is 4. The lowest BCUT2D eigenvalue weighted by Gasteiger charge is -2.36. The zero-order valence-corrected chi connectivity index (χ0v) is 10.9. The maximum Gasteiger partial charge on any atom is 0.270 e. The summed E-state index contributed by atoms with van der Waals surface area (Å²) in [6.45, 7) is 0.241. The second-order valence-electron chi connectivity index (χ2n) is 4.98. The third-order valence-corrected chi connectivity index (χ3v) is 3.38. The van der Waals surface area contributed by atoms with Crippen LogP contribution in [0.2, 0.25) is 0 Å². The van der Waals surface area contributed by atoms with Crippen LogP contribution in [-0.2, 0) is 4.79 Å². The Balaban J connectivity index is 1.89. The van der Waals surface area contributed by atoms with E-state index in [0.717, 1.165) is 6.42 Å². The van der Waals surface area contributed by atoms with Crippen LogP contribution < -0.4 is 5.32 Å². The monoisotopic (exact) mass is 276 g/mol. The van der Waals surface area contributed by atoms with Crippen LogP contribution in [-0.4, -0.2) is 28.1 Å². The summed E-state index contributed by atoms with van der Waals surface area (Å²) in [5.41, 5.74) is -0.192. The molecule has 0 heterocycles. The predicted molar refractivity (Wildman–Crippen MR) is 73.9 cm³/mol. The number of amides is 1. The SMILES string of the molecule is O=C(/C=C/c1cccc([N+](=O)[O-])c1)NCC1(O)CCC1. The van der Waals surface area contributed by atoms with Gasteiger partial charge in [0.15, 0.2) is 0 Å². The highest BCUT2D eigenvalue weighted by Crippen LogP contribution is 2.30. The fourth-order valence-corrected chi connectivity index (χ4v) is 1.99. The van der Waals surface area contributed by atoms with Crippen molar-refractivity contribution in [2.24, 2.45) is 0 Å². The van der Waals surface area contributed by atoms with Crippen LogP contribution in [0.3, 0.4) is 0 Å². The molecule has 6 nitrogen and oxygen atoms in total. The van der Waals surface area contributed by atoms with Gasteiger partial charge in [-0.3, -0.25) is 14.9 Å². The molecule has 20 heavy (non-hydrogen) atoms. The molecule has 0 saturated heterocycles. The van der Waals surface area contributed by atoms with Crippen LogP contribution >= 0.6 is 0 Å². The summed E-state index contributed by atoms with van der Waals surface area (Å²) in [6, 6.07) is 6.02. The molecule has 0 radical (unpaired) electrons. The highest BCUT2D eigenvalue weighted by Gasteiger charge is 2.34. The number of aliphatic hydroxyl groups is 1. The minimum Gasteiger partial charge on any atom is -0.388 e. The molecule has 1 aliphatic carbocycles. The largest absolute Gasteiger partial charge is 0.388 e. The Bertz CT molecular complexity index is 550. The Morgan fingerprint density at radius 3 is 2.85 bits per heavy atom. The van der Waals surface area contributed by atoms with E-state index in [1.165, 1.54) is 24.3 Å². The summed E-state index contributed by atoms with van der Waals surface area (Å²) < 4.78 is 0. The molecular formula is C14H16N2O4. The molecule has 0 atom stereocenters. The van der Waals surface area contributed by atoms with Crippen molar-refractivity contribution in [2.45, 2.75) is 24.9 Å². The summed E-state index contributed by atoms with van der Waals surface area (Å²) in [4.78, 5) is 21.7. The first-order valence-electron chi connectivity index (χ1n) is 6.41. The first kappa shape index (κ1) is 14.2. The van der Waals surface area contributed by atoms with Gasteiger partial charge in [0.25, 0.3) is 5.69 Å². The Morgan fingerprint density at radius 1 is 1.50 bits per heavy atom. The molecular weight excluding hydrogens is 260 g/mol. The van der Waals surface area contributed by atoms with Gasteiger partial charge in [-0.15, -0.1) is 0 Å². The zero-order chi connectivity index (χ0) is 14.6. The highest BCUT2D eigenvalue weighted by molar-refractivity contribution is 5.91. The van der Waals surface area contributed by atoms with Gasteiger partial charge in [-0.2, -0.15) is 0 Å². The van der Waals surface area contributed by atoms with Crippen molar-refractivity contribution in [1.82, 2.24) is 5.32 Å². The highest BCUT2D eigenvalue weighted by atomic mass is 16.6. The lowest BCUT2D eigenvalue weighted by Crippen LogP contribution is -2.47. The summed E-state index contributed by atoms with van der Waals surface area (Å²) in [6.07, 6.45) is 5.22. The fraction of sp³-hybridized carbons (Fsp3) is 0.357. The van der Waals surface area contributed by atoms with E-state index < -0.39 is 10.5 Å². The van der Waals surface area contributed by atoms with Crippen molar-refractivity contribution in [3.8, 4) is 0 Å². The van der Waals surface area contributed by atoms with Crippen molar-refractivity contribution in [2.75, 3.05) is 6.54 Å². The van der Waals surface area contributed by atoms with Crippen LogP contribution in [0.1, 0.15) is 24.8 Å². The molecule has 6 heteroatoms. The van der Waals surface area contributed by atoms with Gasteiger partial charge in [0.1, 0.15) is 0 Å². The second-order valence-corrected chi connectivity index (χ2v) is 4.98. The number of rotatable bonds is 5. The quantitative estimate of drug-likeness (QED) is 0.486. The van der Waals surface area contributed by atoms with E-state index in [2.05, 4.69) is 5.32 Å².